The Morgan fingerprint density at radius 1 is 1.19 bits per heavy atom. The van der Waals surface area contributed by atoms with Crippen LogP contribution in [0.3, 0.4) is 0 Å². The molecule has 0 fully saturated rings. The summed E-state index contributed by atoms with van der Waals surface area (Å²) in [6.45, 7) is 3.64. The second kappa shape index (κ2) is 9.92. The van der Waals surface area contributed by atoms with E-state index in [1.165, 1.54) is 0 Å². The number of benzene rings is 1. The van der Waals surface area contributed by atoms with Gasteiger partial charge in [-0.2, -0.15) is 0 Å². The number of rotatable bonds is 8. The lowest BCUT2D eigenvalue weighted by molar-refractivity contribution is -0.862. The van der Waals surface area contributed by atoms with Gasteiger partial charge in [-0.15, -0.1) is 11.3 Å². The fraction of sp³-hybridized carbons (Fsp3) is 0.333. The molecule has 2 amide bonds. The number of likely N-dealkylation sites (N-methyl/N-ethyl adjacent to an activating group) is 2. The average molecular weight is 415 g/mol. The first-order valence-corrected chi connectivity index (χ1v) is 9.89. The number of nitrogens with zero attached hydrogens (tertiary/aromatic N) is 1. The first kappa shape index (κ1) is 20.7. The summed E-state index contributed by atoms with van der Waals surface area (Å²) in [7, 11) is 1.82. The lowest BCUT2D eigenvalue weighted by atomic mass is 10.3. The lowest BCUT2D eigenvalue weighted by Crippen LogP contribution is -3.11. The van der Waals surface area contributed by atoms with Gasteiger partial charge in [0.1, 0.15) is 0 Å². The Labute approximate surface area is 167 Å². The van der Waals surface area contributed by atoms with Gasteiger partial charge in [-0.05, 0) is 36.6 Å². The Hall–Kier alpha value is -1.60. The minimum absolute atomic E-state index is 0.0285. The largest absolute Gasteiger partial charge is 0.333 e. The fourth-order valence-electron chi connectivity index (χ4n) is 2.45. The van der Waals surface area contributed by atoms with Gasteiger partial charge in [0.05, 0.1) is 23.6 Å². The van der Waals surface area contributed by atoms with Crippen LogP contribution in [0.5, 0.6) is 0 Å². The van der Waals surface area contributed by atoms with Crippen molar-refractivity contribution < 1.29 is 14.5 Å². The number of nitrogens with one attached hydrogen (secondary N) is 2. The van der Waals surface area contributed by atoms with Crippen LogP contribution in [0.2, 0.25) is 10.0 Å². The maximum atomic E-state index is 12.5. The number of anilines is 1. The van der Waals surface area contributed by atoms with E-state index in [2.05, 4.69) is 5.32 Å². The molecule has 2 aromatic rings. The van der Waals surface area contributed by atoms with Gasteiger partial charge in [0.2, 0.25) is 0 Å². The molecule has 1 atom stereocenters. The molecular weight excluding hydrogens is 393 g/mol. The zero-order chi connectivity index (χ0) is 19.1. The number of carbonyl (C=O) groups is 2. The first-order valence-electron chi connectivity index (χ1n) is 8.25. The van der Waals surface area contributed by atoms with Gasteiger partial charge in [-0.25, -0.2) is 0 Å². The highest BCUT2D eigenvalue weighted by atomic mass is 35.5. The summed E-state index contributed by atoms with van der Waals surface area (Å²) in [4.78, 5) is 28.4. The number of thiophene rings is 1. The van der Waals surface area contributed by atoms with Crippen molar-refractivity contribution >= 4 is 52.0 Å². The fourth-order valence-corrected chi connectivity index (χ4v) is 3.47. The standard InChI is InChI=1S/C18H21Cl2N3O2S/c1-3-23(10-14-5-4-8-26-14)18(25)12-22(2)11-17(24)21-13-6-7-15(19)16(20)9-13/h4-9H,3,10-12H2,1-2H3,(H,21,24)/p+1. The predicted octanol–water partition coefficient (Wildman–Crippen LogP) is 2.56. The van der Waals surface area contributed by atoms with Crippen LogP contribution >= 0.6 is 34.5 Å². The molecule has 0 bridgehead atoms. The molecule has 5 nitrogen and oxygen atoms in total. The molecule has 1 aromatic carbocycles. The van der Waals surface area contributed by atoms with Gasteiger partial charge in [0.15, 0.2) is 13.1 Å². The minimum Gasteiger partial charge on any atom is -0.333 e. The first-order chi connectivity index (χ1) is 12.4. The van der Waals surface area contributed by atoms with Crippen LogP contribution in [0.4, 0.5) is 5.69 Å². The number of hydrogen-bond donors (Lipinski definition) is 2. The number of amides is 2. The van der Waals surface area contributed by atoms with Crippen molar-refractivity contribution in [1.82, 2.24) is 4.90 Å². The number of carbonyl (C=O) groups excluding carboxylic acids is 2. The molecule has 1 unspecified atom stereocenters. The maximum Gasteiger partial charge on any atom is 0.279 e. The molecule has 26 heavy (non-hydrogen) atoms. The van der Waals surface area contributed by atoms with Gasteiger partial charge in [0.25, 0.3) is 11.8 Å². The summed E-state index contributed by atoms with van der Waals surface area (Å²) in [6.07, 6.45) is 0. The molecule has 0 aliphatic rings. The average Bonchev–Trinajstić information content (AvgIpc) is 3.08. The van der Waals surface area contributed by atoms with E-state index in [1.54, 1.807) is 34.4 Å². The van der Waals surface area contributed by atoms with Crippen LogP contribution < -0.4 is 10.2 Å². The quantitative estimate of drug-likeness (QED) is 0.697. The Bertz CT molecular complexity index is 753. The van der Waals surface area contributed by atoms with Gasteiger partial charge < -0.3 is 15.1 Å². The summed E-state index contributed by atoms with van der Waals surface area (Å²) in [5.74, 6) is -0.157. The molecule has 0 spiro atoms. The third-order valence-electron chi connectivity index (χ3n) is 3.78. The van der Waals surface area contributed by atoms with E-state index in [-0.39, 0.29) is 24.9 Å². The topological polar surface area (TPSA) is 53.9 Å². The van der Waals surface area contributed by atoms with Crippen molar-refractivity contribution in [2.75, 3.05) is 32.0 Å². The highest BCUT2D eigenvalue weighted by molar-refractivity contribution is 7.09. The van der Waals surface area contributed by atoms with Crippen LogP contribution in [-0.2, 0) is 16.1 Å². The van der Waals surface area contributed by atoms with Crippen LogP contribution in [-0.4, -0.2) is 43.4 Å². The molecule has 8 heteroatoms. The normalized spacial score (nSPS) is 11.8. The van der Waals surface area contributed by atoms with Crippen molar-refractivity contribution in [1.29, 1.82) is 0 Å². The summed E-state index contributed by atoms with van der Waals surface area (Å²) < 4.78 is 0. The molecule has 0 saturated heterocycles. The summed E-state index contributed by atoms with van der Waals surface area (Å²) in [5, 5.41) is 5.58. The predicted molar refractivity (Wildman–Crippen MR) is 107 cm³/mol. The molecule has 2 rings (SSSR count). The minimum atomic E-state index is -0.185. The van der Waals surface area contributed by atoms with Crippen LogP contribution in [0, 0.1) is 0 Å². The van der Waals surface area contributed by atoms with Crippen molar-refractivity contribution in [2.24, 2.45) is 0 Å². The zero-order valence-corrected chi connectivity index (χ0v) is 17.0. The third-order valence-corrected chi connectivity index (χ3v) is 5.38. The van der Waals surface area contributed by atoms with Crippen molar-refractivity contribution in [2.45, 2.75) is 13.5 Å². The van der Waals surface area contributed by atoms with E-state index < -0.39 is 0 Å². The summed E-state index contributed by atoms with van der Waals surface area (Å²) in [5.41, 5.74) is 0.580. The monoisotopic (exact) mass is 414 g/mol. The van der Waals surface area contributed by atoms with Gasteiger partial charge in [-0.3, -0.25) is 9.59 Å². The van der Waals surface area contributed by atoms with Crippen molar-refractivity contribution in [3.63, 3.8) is 0 Å². The van der Waals surface area contributed by atoms with E-state index >= 15 is 0 Å². The maximum absolute atomic E-state index is 12.5. The molecule has 1 aromatic heterocycles. The summed E-state index contributed by atoms with van der Waals surface area (Å²) in [6, 6.07) is 8.91. The smallest absolute Gasteiger partial charge is 0.279 e. The number of halogens is 2. The SMILES string of the molecule is CCN(Cc1cccs1)C(=O)C[NH+](C)CC(=O)Nc1ccc(Cl)c(Cl)c1. The molecular formula is C18H22Cl2N3O2S+. The van der Waals surface area contributed by atoms with Crippen LogP contribution in [0.25, 0.3) is 0 Å². The van der Waals surface area contributed by atoms with Crippen molar-refractivity contribution in [3.8, 4) is 0 Å². The van der Waals surface area contributed by atoms with E-state index in [0.717, 1.165) is 9.78 Å². The van der Waals surface area contributed by atoms with Crippen LogP contribution in [0.15, 0.2) is 35.7 Å². The molecule has 140 valence electrons. The second-order valence-corrected chi connectivity index (χ2v) is 7.82. The highest BCUT2D eigenvalue weighted by Gasteiger charge is 2.19. The zero-order valence-electron chi connectivity index (χ0n) is 14.7. The van der Waals surface area contributed by atoms with Gasteiger partial charge >= 0.3 is 0 Å². The Morgan fingerprint density at radius 3 is 2.58 bits per heavy atom. The molecule has 0 aliphatic carbocycles. The van der Waals surface area contributed by atoms with E-state index in [9.17, 15) is 9.59 Å². The number of hydrogen-bond acceptors (Lipinski definition) is 3. The second-order valence-electron chi connectivity index (χ2n) is 5.98. The Morgan fingerprint density at radius 2 is 1.96 bits per heavy atom. The van der Waals surface area contributed by atoms with E-state index in [4.69, 9.17) is 23.2 Å². The molecule has 2 N–H and O–H groups in total. The van der Waals surface area contributed by atoms with Crippen LogP contribution in [0.1, 0.15) is 11.8 Å². The Kier molecular flexibility index (Phi) is 7.90. The lowest BCUT2D eigenvalue weighted by Gasteiger charge is -2.22. The third kappa shape index (κ3) is 6.29. The molecule has 0 radical (unpaired) electrons. The van der Waals surface area contributed by atoms with E-state index in [1.807, 2.05) is 31.5 Å². The van der Waals surface area contributed by atoms with E-state index in [0.29, 0.717) is 28.8 Å². The summed E-state index contributed by atoms with van der Waals surface area (Å²) >= 11 is 13.4. The van der Waals surface area contributed by atoms with Gasteiger partial charge in [0, 0.05) is 17.1 Å². The highest BCUT2D eigenvalue weighted by Crippen LogP contribution is 2.24. The molecule has 1 heterocycles. The Balaban J connectivity index is 1.84. The number of quaternary nitrogens is 1. The van der Waals surface area contributed by atoms with Gasteiger partial charge in [-0.1, -0.05) is 29.3 Å². The van der Waals surface area contributed by atoms with Crippen molar-refractivity contribution in [3.05, 3.63) is 50.6 Å². The molecule has 0 saturated carbocycles. The molecule has 0 aliphatic heterocycles.